The standard InChI is InChI=1S/C17H21N5O5/c1-9(7-13(24)25)20-12(23)8-22-15(26)17(2,21-16(22)27)11-5-3-10(4-6-11)14(18)19/h3-6,9H,7-8H2,1-2H3,(H3,18,19)(H,20,23)(H,21,27)(H,24,25)/t9-,17-/m0/s1. The maximum Gasteiger partial charge on any atom is 0.325 e. The van der Waals surface area contributed by atoms with Gasteiger partial charge in [0.05, 0.1) is 6.42 Å². The lowest BCUT2D eigenvalue weighted by Crippen LogP contribution is -2.45. The molecular weight excluding hydrogens is 354 g/mol. The zero-order valence-corrected chi connectivity index (χ0v) is 14.9. The van der Waals surface area contributed by atoms with E-state index in [1.54, 1.807) is 24.3 Å². The van der Waals surface area contributed by atoms with Gasteiger partial charge in [0.1, 0.15) is 17.9 Å². The minimum Gasteiger partial charge on any atom is -0.481 e. The number of carboxylic acids is 1. The molecular formula is C17H21N5O5. The van der Waals surface area contributed by atoms with Crippen molar-refractivity contribution < 1.29 is 24.3 Å². The summed E-state index contributed by atoms with van der Waals surface area (Å²) >= 11 is 0. The Kier molecular flexibility index (Phi) is 5.48. The number of nitrogens with zero attached hydrogens (tertiary/aromatic N) is 1. The first-order valence-electron chi connectivity index (χ1n) is 8.14. The van der Waals surface area contributed by atoms with Crippen molar-refractivity contribution in [3.05, 3.63) is 35.4 Å². The van der Waals surface area contributed by atoms with Crippen LogP contribution in [0.2, 0.25) is 0 Å². The molecule has 0 spiro atoms. The van der Waals surface area contributed by atoms with Gasteiger partial charge in [-0.05, 0) is 19.4 Å². The molecule has 0 saturated carbocycles. The van der Waals surface area contributed by atoms with E-state index in [2.05, 4.69) is 10.6 Å². The van der Waals surface area contributed by atoms with Crippen molar-refractivity contribution in [1.82, 2.24) is 15.5 Å². The normalized spacial score (nSPS) is 20.1. The number of aliphatic carboxylic acids is 1. The van der Waals surface area contributed by atoms with Crippen LogP contribution in [0, 0.1) is 5.41 Å². The van der Waals surface area contributed by atoms with Gasteiger partial charge >= 0.3 is 12.0 Å². The van der Waals surface area contributed by atoms with Crippen LogP contribution in [0.3, 0.4) is 0 Å². The van der Waals surface area contributed by atoms with E-state index in [-0.39, 0.29) is 12.3 Å². The molecule has 0 aromatic heterocycles. The van der Waals surface area contributed by atoms with Gasteiger partial charge in [0.15, 0.2) is 0 Å². The summed E-state index contributed by atoms with van der Waals surface area (Å²) in [5, 5.41) is 21.1. The Balaban J connectivity index is 2.12. The Labute approximate surface area is 155 Å². The van der Waals surface area contributed by atoms with Gasteiger partial charge in [0.25, 0.3) is 5.91 Å². The Morgan fingerprint density at radius 1 is 1.33 bits per heavy atom. The largest absolute Gasteiger partial charge is 0.481 e. The van der Waals surface area contributed by atoms with E-state index in [1.165, 1.54) is 13.8 Å². The number of hydrogen-bond acceptors (Lipinski definition) is 5. The van der Waals surface area contributed by atoms with Crippen LogP contribution in [0.25, 0.3) is 0 Å². The number of benzene rings is 1. The summed E-state index contributed by atoms with van der Waals surface area (Å²) < 4.78 is 0. The molecule has 1 aromatic rings. The summed E-state index contributed by atoms with van der Waals surface area (Å²) in [7, 11) is 0. The van der Waals surface area contributed by atoms with E-state index < -0.39 is 41.9 Å². The Morgan fingerprint density at radius 3 is 2.44 bits per heavy atom. The van der Waals surface area contributed by atoms with Gasteiger partial charge < -0.3 is 21.5 Å². The molecule has 1 aromatic carbocycles. The lowest BCUT2D eigenvalue weighted by atomic mass is 9.91. The maximum absolute atomic E-state index is 12.8. The van der Waals surface area contributed by atoms with Crippen LogP contribution in [0.5, 0.6) is 0 Å². The molecule has 1 fully saturated rings. The third kappa shape index (κ3) is 4.22. The van der Waals surface area contributed by atoms with Crippen LogP contribution in [0.1, 0.15) is 31.4 Å². The second-order valence-electron chi connectivity index (χ2n) is 6.50. The van der Waals surface area contributed by atoms with E-state index in [4.69, 9.17) is 16.2 Å². The number of imide groups is 1. The molecule has 1 saturated heterocycles. The highest BCUT2D eigenvalue weighted by molar-refractivity contribution is 6.09. The van der Waals surface area contributed by atoms with E-state index in [0.29, 0.717) is 11.1 Å². The van der Waals surface area contributed by atoms with E-state index >= 15 is 0 Å². The molecule has 144 valence electrons. The second-order valence-corrected chi connectivity index (χ2v) is 6.50. The molecule has 1 aliphatic rings. The molecule has 6 N–H and O–H groups in total. The number of nitrogen functional groups attached to an aromatic ring is 1. The molecule has 2 atom stereocenters. The molecule has 1 heterocycles. The van der Waals surface area contributed by atoms with Crippen molar-refractivity contribution in [2.24, 2.45) is 5.73 Å². The number of urea groups is 1. The molecule has 4 amide bonds. The van der Waals surface area contributed by atoms with E-state index in [1.807, 2.05) is 0 Å². The van der Waals surface area contributed by atoms with Crippen molar-refractivity contribution in [3.8, 4) is 0 Å². The van der Waals surface area contributed by atoms with Crippen LogP contribution in [0.15, 0.2) is 24.3 Å². The number of nitrogens with two attached hydrogens (primary N) is 1. The molecule has 0 radical (unpaired) electrons. The van der Waals surface area contributed by atoms with Crippen molar-refractivity contribution in [2.45, 2.75) is 31.8 Å². The van der Waals surface area contributed by atoms with Crippen LogP contribution in [-0.4, -0.2) is 52.2 Å². The molecule has 0 aliphatic carbocycles. The summed E-state index contributed by atoms with van der Waals surface area (Å²) in [5.74, 6) is -2.44. The van der Waals surface area contributed by atoms with Gasteiger partial charge in [0, 0.05) is 11.6 Å². The molecule has 0 unspecified atom stereocenters. The van der Waals surface area contributed by atoms with Crippen LogP contribution in [-0.2, 0) is 19.9 Å². The fourth-order valence-corrected chi connectivity index (χ4v) is 2.80. The van der Waals surface area contributed by atoms with Gasteiger partial charge in [-0.25, -0.2) is 4.79 Å². The highest BCUT2D eigenvalue weighted by Gasteiger charge is 2.49. The highest BCUT2D eigenvalue weighted by atomic mass is 16.4. The zero-order valence-electron chi connectivity index (χ0n) is 14.9. The first kappa shape index (κ1) is 19.9. The SMILES string of the molecule is C[C@@H](CC(=O)O)NC(=O)CN1C(=O)N[C@@](C)(c2ccc(C(=N)N)cc2)C1=O. The Morgan fingerprint density at radius 2 is 1.93 bits per heavy atom. The van der Waals surface area contributed by atoms with Crippen LogP contribution < -0.4 is 16.4 Å². The number of carbonyl (C=O) groups is 4. The van der Waals surface area contributed by atoms with Gasteiger partial charge in [-0.3, -0.25) is 24.7 Å². The third-order valence-corrected chi connectivity index (χ3v) is 4.24. The topological polar surface area (TPSA) is 166 Å². The summed E-state index contributed by atoms with van der Waals surface area (Å²) in [6.07, 6.45) is -0.272. The summed E-state index contributed by atoms with van der Waals surface area (Å²) in [6.45, 7) is 2.51. The second kappa shape index (κ2) is 7.44. The first-order valence-corrected chi connectivity index (χ1v) is 8.14. The van der Waals surface area contributed by atoms with Gasteiger partial charge in [-0.15, -0.1) is 0 Å². The number of rotatable bonds is 7. The quantitative estimate of drug-likeness (QED) is 0.250. The van der Waals surface area contributed by atoms with Crippen molar-refractivity contribution in [1.29, 1.82) is 5.41 Å². The summed E-state index contributed by atoms with van der Waals surface area (Å²) in [5.41, 5.74) is 5.00. The Hall–Kier alpha value is -3.43. The van der Waals surface area contributed by atoms with Crippen molar-refractivity contribution >= 4 is 29.7 Å². The highest BCUT2D eigenvalue weighted by Crippen LogP contribution is 2.28. The van der Waals surface area contributed by atoms with Crippen LogP contribution >= 0.6 is 0 Å². The van der Waals surface area contributed by atoms with Gasteiger partial charge in [0.2, 0.25) is 5.91 Å². The fraction of sp³-hybridized carbons (Fsp3) is 0.353. The molecule has 27 heavy (non-hydrogen) atoms. The lowest BCUT2D eigenvalue weighted by molar-refractivity contribution is -0.138. The number of carbonyl (C=O) groups excluding carboxylic acids is 3. The monoisotopic (exact) mass is 375 g/mol. The number of nitrogens with one attached hydrogen (secondary N) is 3. The smallest absolute Gasteiger partial charge is 0.325 e. The molecule has 0 bridgehead atoms. The molecule has 2 rings (SSSR count). The Bertz CT molecular complexity index is 806. The number of hydrogen-bond donors (Lipinski definition) is 5. The lowest BCUT2D eigenvalue weighted by Gasteiger charge is -2.22. The predicted molar refractivity (Wildman–Crippen MR) is 94.9 cm³/mol. The molecule has 10 nitrogen and oxygen atoms in total. The van der Waals surface area contributed by atoms with Crippen LogP contribution in [0.4, 0.5) is 4.79 Å². The predicted octanol–water partition coefficient (Wildman–Crippen LogP) is -0.283. The van der Waals surface area contributed by atoms with Crippen molar-refractivity contribution in [2.75, 3.05) is 6.54 Å². The van der Waals surface area contributed by atoms with E-state index in [0.717, 1.165) is 4.90 Å². The molecule has 1 aliphatic heterocycles. The van der Waals surface area contributed by atoms with E-state index in [9.17, 15) is 19.2 Å². The number of amides is 4. The minimum atomic E-state index is -1.36. The fourth-order valence-electron chi connectivity index (χ4n) is 2.80. The number of amidine groups is 1. The molecule has 10 heteroatoms. The maximum atomic E-state index is 12.8. The van der Waals surface area contributed by atoms with Gasteiger partial charge in [-0.2, -0.15) is 0 Å². The average molecular weight is 375 g/mol. The first-order chi connectivity index (χ1) is 12.5. The summed E-state index contributed by atoms with van der Waals surface area (Å²) in [6, 6.07) is 4.91. The average Bonchev–Trinajstić information content (AvgIpc) is 2.78. The number of carboxylic acid groups (broad SMARTS) is 1. The zero-order chi connectivity index (χ0) is 20.4. The summed E-state index contributed by atoms with van der Waals surface area (Å²) in [4.78, 5) is 48.4. The minimum absolute atomic E-state index is 0.123. The van der Waals surface area contributed by atoms with Gasteiger partial charge in [-0.1, -0.05) is 24.3 Å². The van der Waals surface area contributed by atoms with Crippen molar-refractivity contribution in [3.63, 3.8) is 0 Å². The third-order valence-electron chi connectivity index (χ3n) is 4.24.